The van der Waals surface area contributed by atoms with Crippen LogP contribution in [0.15, 0.2) is 54.7 Å². The number of aromatic nitrogens is 1. The zero-order valence-corrected chi connectivity index (χ0v) is 20.1. The molecular weight excluding hydrogens is 444 g/mol. The van der Waals surface area contributed by atoms with Gasteiger partial charge in [0.15, 0.2) is 17.6 Å². The van der Waals surface area contributed by atoms with E-state index in [4.69, 9.17) is 30.5 Å². The largest absolute Gasteiger partial charge is 0.493 e. The maximum atomic E-state index is 13.5. The molecule has 3 rings (SSSR count). The Kier molecular flexibility index (Phi) is 8.01. The highest BCUT2D eigenvalue weighted by molar-refractivity contribution is 6.31. The van der Waals surface area contributed by atoms with Crippen molar-refractivity contribution in [3.8, 4) is 23.0 Å². The molecule has 3 aromatic rings. The summed E-state index contributed by atoms with van der Waals surface area (Å²) in [6.07, 6.45) is 0.869. The van der Waals surface area contributed by atoms with E-state index in [-0.39, 0.29) is 12.5 Å². The number of hydrogen-bond donors (Lipinski definition) is 0. The number of carbonyl (C=O) groups is 1. The smallest absolute Gasteiger partial charge is 0.269 e. The van der Waals surface area contributed by atoms with Gasteiger partial charge in [0, 0.05) is 11.2 Å². The van der Waals surface area contributed by atoms with E-state index in [9.17, 15) is 4.79 Å². The van der Waals surface area contributed by atoms with Crippen LogP contribution in [-0.4, -0.2) is 38.3 Å². The summed E-state index contributed by atoms with van der Waals surface area (Å²) in [5.41, 5.74) is 1.64. The summed E-state index contributed by atoms with van der Waals surface area (Å²) in [5, 5.41) is 0.638. The quantitative estimate of drug-likeness (QED) is 0.435. The van der Waals surface area contributed by atoms with Crippen LogP contribution in [0.3, 0.4) is 0 Å². The Bertz CT molecular complexity index is 1080. The summed E-state index contributed by atoms with van der Waals surface area (Å²) >= 11 is 6.10. The Labute approximate surface area is 198 Å². The van der Waals surface area contributed by atoms with Gasteiger partial charge in [0.1, 0.15) is 11.6 Å². The van der Waals surface area contributed by atoms with Crippen LogP contribution in [0.4, 0.5) is 5.82 Å². The van der Waals surface area contributed by atoms with Gasteiger partial charge >= 0.3 is 0 Å². The molecule has 1 atom stereocenters. The van der Waals surface area contributed by atoms with E-state index in [1.165, 1.54) is 0 Å². The zero-order valence-electron chi connectivity index (χ0n) is 19.3. The molecule has 1 unspecified atom stereocenters. The molecule has 0 saturated carbocycles. The number of aryl methyl sites for hydroxylation is 1. The predicted molar refractivity (Wildman–Crippen MR) is 128 cm³/mol. The fourth-order valence-electron chi connectivity index (χ4n) is 3.36. The Balaban J connectivity index is 1.92. The van der Waals surface area contributed by atoms with Crippen LogP contribution in [0.1, 0.15) is 18.1 Å². The van der Waals surface area contributed by atoms with E-state index in [1.54, 1.807) is 81.8 Å². The third kappa shape index (κ3) is 5.68. The van der Waals surface area contributed by atoms with Gasteiger partial charge in [-0.2, -0.15) is 0 Å². The number of ether oxygens (including phenoxy) is 4. The van der Waals surface area contributed by atoms with Crippen molar-refractivity contribution in [2.75, 3.05) is 26.2 Å². The van der Waals surface area contributed by atoms with Crippen LogP contribution in [-0.2, 0) is 11.3 Å². The maximum Gasteiger partial charge on any atom is 0.269 e. The number of hydrogen-bond acceptors (Lipinski definition) is 6. The minimum absolute atomic E-state index is 0.222. The molecule has 33 heavy (non-hydrogen) atoms. The number of anilines is 1. The van der Waals surface area contributed by atoms with Crippen LogP contribution in [0.25, 0.3) is 0 Å². The van der Waals surface area contributed by atoms with E-state index < -0.39 is 6.10 Å². The first-order valence-corrected chi connectivity index (χ1v) is 10.7. The molecule has 7 nitrogen and oxygen atoms in total. The fraction of sp³-hybridized carbons (Fsp3) is 0.280. The van der Waals surface area contributed by atoms with Gasteiger partial charge in [-0.25, -0.2) is 4.98 Å². The highest BCUT2D eigenvalue weighted by Gasteiger charge is 2.26. The molecule has 0 bridgehead atoms. The van der Waals surface area contributed by atoms with Crippen molar-refractivity contribution < 1.29 is 23.7 Å². The number of pyridine rings is 1. The fourth-order valence-corrected chi connectivity index (χ4v) is 3.48. The van der Waals surface area contributed by atoms with Crippen LogP contribution in [0, 0.1) is 6.92 Å². The zero-order chi connectivity index (χ0) is 24.0. The molecule has 0 aliphatic rings. The van der Waals surface area contributed by atoms with E-state index in [2.05, 4.69) is 4.98 Å². The second-order valence-electron chi connectivity index (χ2n) is 7.32. The lowest BCUT2D eigenvalue weighted by Crippen LogP contribution is -2.40. The van der Waals surface area contributed by atoms with Crippen molar-refractivity contribution in [2.24, 2.45) is 0 Å². The van der Waals surface area contributed by atoms with Crippen molar-refractivity contribution in [3.05, 3.63) is 70.9 Å². The first kappa shape index (κ1) is 24.2. The lowest BCUT2D eigenvalue weighted by molar-refractivity contribution is -0.124. The number of rotatable bonds is 9. The second kappa shape index (κ2) is 10.9. The van der Waals surface area contributed by atoms with Crippen molar-refractivity contribution in [1.29, 1.82) is 0 Å². The van der Waals surface area contributed by atoms with Crippen molar-refractivity contribution >= 4 is 23.3 Å². The first-order chi connectivity index (χ1) is 15.9. The van der Waals surface area contributed by atoms with Crippen molar-refractivity contribution in [1.82, 2.24) is 4.98 Å². The number of methoxy groups -OCH3 is 3. The van der Waals surface area contributed by atoms with Gasteiger partial charge in [-0.15, -0.1) is 0 Å². The third-order valence-electron chi connectivity index (χ3n) is 5.05. The highest BCUT2D eigenvalue weighted by Crippen LogP contribution is 2.38. The Morgan fingerprint density at radius 3 is 2.27 bits per heavy atom. The molecule has 1 heterocycles. The van der Waals surface area contributed by atoms with E-state index in [0.29, 0.717) is 33.8 Å². The molecule has 0 saturated heterocycles. The molecule has 0 radical (unpaired) electrons. The molecule has 1 amide bonds. The average molecular weight is 471 g/mol. The Morgan fingerprint density at radius 2 is 1.73 bits per heavy atom. The maximum absolute atomic E-state index is 13.5. The molecule has 0 spiro atoms. The van der Waals surface area contributed by atoms with Gasteiger partial charge in [-0.1, -0.05) is 17.7 Å². The van der Waals surface area contributed by atoms with Gasteiger partial charge in [0.05, 0.1) is 27.9 Å². The number of benzene rings is 2. The summed E-state index contributed by atoms with van der Waals surface area (Å²) in [6.45, 7) is 3.81. The number of carbonyl (C=O) groups excluding carboxylic acids is 1. The third-order valence-corrected chi connectivity index (χ3v) is 5.47. The molecular formula is C25H27ClN2O5. The SMILES string of the molecule is COc1cc(CN(C(=O)C(C)Oc2ccc(Cl)c(C)c2)c2ccccn2)cc(OC)c1OC. The summed E-state index contributed by atoms with van der Waals surface area (Å²) < 4.78 is 22.2. The lowest BCUT2D eigenvalue weighted by Gasteiger charge is -2.26. The Hall–Kier alpha value is -3.45. The van der Waals surface area contributed by atoms with Crippen LogP contribution < -0.4 is 23.8 Å². The van der Waals surface area contributed by atoms with E-state index >= 15 is 0 Å². The molecule has 8 heteroatoms. The normalized spacial score (nSPS) is 11.5. The molecule has 2 aromatic carbocycles. The van der Waals surface area contributed by atoms with E-state index in [1.807, 2.05) is 13.0 Å². The summed E-state index contributed by atoms with van der Waals surface area (Å²) in [5.74, 6) is 2.29. The van der Waals surface area contributed by atoms with Gasteiger partial charge in [0.2, 0.25) is 5.75 Å². The standard InChI is InChI=1S/C25H27ClN2O5/c1-16-12-19(9-10-20(16)26)33-17(2)25(29)28(23-8-6-7-11-27-23)15-18-13-21(30-3)24(32-5)22(14-18)31-4/h6-14,17H,15H2,1-5H3. The van der Waals surface area contributed by atoms with Crippen molar-refractivity contribution in [3.63, 3.8) is 0 Å². The van der Waals surface area contributed by atoms with Crippen molar-refractivity contribution in [2.45, 2.75) is 26.5 Å². The molecule has 1 aromatic heterocycles. The molecule has 174 valence electrons. The molecule has 0 fully saturated rings. The summed E-state index contributed by atoms with van der Waals surface area (Å²) in [4.78, 5) is 19.4. The van der Waals surface area contributed by atoms with E-state index in [0.717, 1.165) is 11.1 Å². The number of halogens is 1. The first-order valence-electron chi connectivity index (χ1n) is 10.3. The highest BCUT2D eigenvalue weighted by atomic mass is 35.5. The van der Waals surface area contributed by atoms with Gasteiger partial charge in [0.25, 0.3) is 5.91 Å². The summed E-state index contributed by atoms with van der Waals surface area (Å²) in [7, 11) is 4.64. The molecule has 0 aliphatic carbocycles. The Morgan fingerprint density at radius 1 is 1.03 bits per heavy atom. The topological polar surface area (TPSA) is 70.1 Å². The average Bonchev–Trinajstić information content (AvgIpc) is 2.84. The monoisotopic (exact) mass is 470 g/mol. The van der Waals surface area contributed by atoms with Crippen LogP contribution in [0.5, 0.6) is 23.0 Å². The minimum atomic E-state index is -0.769. The predicted octanol–water partition coefficient (Wildman–Crippen LogP) is 5.07. The van der Waals surface area contributed by atoms with Crippen LogP contribution in [0.2, 0.25) is 5.02 Å². The minimum Gasteiger partial charge on any atom is -0.493 e. The van der Waals surface area contributed by atoms with Crippen LogP contribution >= 0.6 is 11.6 Å². The molecule has 0 aliphatic heterocycles. The summed E-state index contributed by atoms with van der Waals surface area (Å²) in [6, 6.07) is 14.3. The van der Waals surface area contributed by atoms with Gasteiger partial charge in [-0.05, 0) is 67.4 Å². The molecule has 0 N–H and O–H groups in total. The number of amides is 1. The number of nitrogens with zero attached hydrogens (tertiary/aromatic N) is 2. The van der Waals surface area contributed by atoms with Gasteiger partial charge in [-0.3, -0.25) is 9.69 Å². The van der Waals surface area contributed by atoms with Gasteiger partial charge < -0.3 is 18.9 Å². The lowest BCUT2D eigenvalue weighted by atomic mass is 10.1. The second-order valence-corrected chi connectivity index (χ2v) is 7.72.